The lowest BCUT2D eigenvalue weighted by Crippen LogP contribution is -2.06. The van der Waals surface area contributed by atoms with Gasteiger partial charge in [-0.3, -0.25) is 0 Å². The number of benzene rings is 1. The molecule has 2 rings (SSSR count). The van der Waals surface area contributed by atoms with Crippen LogP contribution in [0.2, 0.25) is 0 Å². The fraction of sp³-hybridized carbons (Fsp3) is 0.333. The summed E-state index contributed by atoms with van der Waals surface area (Å²) < 4.78 is 6.68. The molecule has 2 nitrogen and oxygen atoms in total. The standard InChI is InChI=1S/C15H17BrO2S/c1-10(2)18-12-5-3-11(4-6-12)14(17)9-13-7-8-15(16)19-13/h3-8,10,14,17H,9H2,1-2H3. The lowest BCUT2D eigenvalue weighted by atomic mass is 10.1. The van der Waals surface area contributed by atoms with E-state index in [2.05, 4.69) is 15.9 Å². The average Bonchev–Trinajstić information content (AvgIpc) is 2.75. The molecule has 1 unspecified atom stereocenters. The summed E-state index contributed by atoms with van der Waals surface area (Å²) in [6.45, 7) is 3.99. The molecule has 4 heteroatoms. The van der Waals surface area contributed by atoms with Crippen molar-refractivity contribution in [1.82, 2.24) is 0 Å². The summed E-state index contributed by atoms with van der Waals surface area (Å²) in [5, 5.41) is 10.2. The third kappa shape index (κ3) is 4.34. The van der Waals surface area contributed by atoms with Gasteiger partial charge in [0.05, 0.1) is 16.0 Å². The zero-order valence-electron chi connectivity index (χ0n) is 11.0. The molecule has 0 spiro atoms. The second-order valence-electron chi connectivity index (χ2n) is 4.66. The Bertz CT molecular complexity index is 519. The number of aliphatic hydroxyl groups is 1. The second kappa shape index (κ2) is 6.55. The van der Waals surface area contributed by atoms with Crippen LogP contribution in [0.5, 0.6) is 5.75 Å². The van der Waals surface area contributed by atoms with E-state index in [0.717, 1.165) is 15.1 Å². The molecule has 19 heavy (non-hydrogen) atoms. The largest absolute Gasteiger partial charge is 0.491 e. The lowest BCUT2D eigenvalue weighted by molar-refractivity contribution is 0.179. The molecule has 0 aliphatic heterocycles. The molecule has 1 N–H and O–H groups in total. The summed E-state index contributed by atoms with van der Waals surface area (Å²) in [6, 6.07) is 11.7. The molecule has 102 valence electrons. The SMILES string of the molecule is CC(C)Oc1ccc(C(O)Cc2ccc(Br)s2)cc1. The maximum Gasteiger partial charge on any atom is 0.119 e. The monoisotopic (exact) mass is 340 g/mol. The number of hydrogen-bond donors (Lipinski definition) is 1. The number of hydrogen-bond acceptors (Lipinski definition) is 3. The van der Waals surface area contributed by atoms with E-state index in [1.54, 1.807) is 11.3 Å². The van der Waals surface area contributed by atoms with Crippen LogP contribution in [0.4, 0.5) is 0 Å². The Morgan fingerprint density at radius 1 is 1.16 bits per heavy atom. The number of thiophene rings is 1. The molecule has 2 aromatic rings. The minimum absolute atomic E-state index is 0.166. The van der Waals surface area contributed by atoms with Gasteiger partial charge in [-0.25, -0.2) is 0 Å². The number of halogens is 1. The first-order chi connectivity index (χ1) is 9.04. The Hall–Kier alpha value is -0.840. The predicted octanol–water partition coefficient (Wildman–Crippen LogP) is 4.57. The Balaban J connectivity index is 2.01. The maximum atomic E-state index is 10.2. The first kappa shape index (κ1) is 14.6. The lowest BCUT2D eigenvalue weighted by Gasteiger charge is -2.13. The van der Waals surface area contributed by atoms with E-state index < -0.39 is 6.10 Å². The molecule has 1 atom stereocenters. The highest BCUT2D eigenvalue weighted by Gasteiger charge is 2.10. The fourth-order valence-corrected chi connectivity index (χ4v) is 3.33. The molecular weight excluding hydrogens is 324 g/mol. The van der Waals surface area contributed by atoms with Crippen molar-refractivity contribution in [2.45, 2.75) is 32.5 Å². The Labute approximate surface area is 126 Å². The van der Waals surface area contributed by atoms with Crippen molar-refractivity contribution >= 4 is 27.3 Å². The van der Waals surface area contributed by atoms with E-state index in [-0.39, 0.29) is 6.10 Å². The van der Waals surface area contributed by atoms with E-state index >= 15 is 0 Å². The molecule has 1 aromatic carbocycles. The van der Waals surface area contributed by atoms with Crippen molar-refractivity contribution < 1.29 is 9.84 Å². The van der Waals surface area contributed by atoms with Gasteiger partial charge in [-0.15, -0.1) is 11.3 Å². The summed E-state index contributed by atoms with van der Waals surface area (Å²) >= 11 is 5.09. The maximum absolute atomic E-state index is 10.2. The van der Waals surface area contributed by atoms with Gasteiger partial charge in [0, 0.05) is 11.3 Å². The fourth-order valence-electron chi connectivity index (χ4n) is 1.81. The zero-order valence-corrected chi connectivity index (χ0v) is 13.4. The van der Waals surface area contributed by atoms with Gasteiger partial charge < -0.3 is 9.84 Å². The molecule has 0 fully saturated rings. The van der Waals surface area contributed by atoms with Crippen molar-refractivity contribution in [2.75, 3.05) is 0 Å². The summed E-state index contributed by atoms with van der Waals surface area (Å²) in [5.41, 5.74) is 0.917. The summed E-state index contributed by atoms with van der Waals surface area (Å²) in [7, 11) is 0. The van der Waals surface area contributed by atoms with Crippen LogP contribution in [0.1, 0.15) is 30.4 Å². The third-order valence-corrected chi connectivity index (χ3v) is 4.31. The molecule has 0 radical (unpaired) electrons. The van der Waals surface area contributed by atoms with E-state index in [1.165, 1.54) is 4.88 Å². The average molecular weight is 341 g/mol. The first-order valence-corrected chi connectivity index (χ1v) is 7.84. The molecule has 0 saturated heterocycles. The third-order valence-electron chi connectivity index (χ3n) is 2.66. The molecule has 0 amide bonds. The normalized spacial score (nSPS) is 12.7. The van der Waals surface area contributed by atoms with Crippen LogP contribution >= 0.6 is 27.3 Å². The Morgan fingerprint density at radius 3 is 2.37 bits per heavy atom. The van der Waals surface area contributed by atoms with E-state index in [9.17, 15) is 5.11 Å². The number of rotatable bonds is 5. The molecule has 0 aliphatic carbocycles. The van der Waals surface area contributed by atoms with Crippen LogP contribution in [0.3, 0.4) is 0 Å². The van der Waals surface area contributed by atoms with Crippen LogP contribution in [-0.2, 0) is 6.42 Å². The molecule has 0 aliphatic rings. The predicted molar refractivity (Wildman–Crippen MR) is 82.9 cm³/mol. The van der Waals surface area contributed by atoms with Crippen LogP contribution in [0.25, 0.3) is 0 Å². The van der Waals surface area contributed by atoms with Crippen molar-refractivity contribution in [1.29, 1.82) is 0 Å². The second-order valence-corrected chi connectivity index (χ2v) is 7.21. The Morgan fingerprint density at radius 2 is 1.84 bits per heavy atom. The quantitative estimate of drug-likeness (QED) is 0.863. The molecule has 1 aromatic heterocycles. The summed E-state index contributed by atoms with van der Waals surface area (Å²) in [4.78, 5) is 1.17. The van der Waals surface area contributed by atoms with Gasteiger partial charge >= 0.3 is 0 Å². The van der Waals surface area contributed by atoms with Crippen LogP contribution < -0.4 is 4.74 Å². The van der Waals surface area contributed by atoms with Gasteiger partial charge in [0.15, 0.2) is 0 Å². The van der Waals surface area contributed by atoms with E-state index in [0.29, 0.717) is 6.42 Å². The molecular formula is C15H17BrO2S. The van der Waals surface area contributed by atoms with Gasteiger partial charge in [0.1, 0.15) is 5.75 Å². The van der Waals surface area contributed by atoms with Gasteiger partial charge in [0.25, 0.3) is 0 Å². The minimum atomic E-state index is -0.473. The Kier molecular flexibility index (Phi) is 5.02. The zero-order chi connectivity index (χ0) is 13.8. The van der Waals surface area contributed by atoms with Gasteiger partial charge in [-0.2, -0.15) is 0 Å². The minimum Gasteiger partial charge on any atom is -0.491 e. The number of aliphatic hydroxyl groups excluding tert-OH is 1. The molecule has 0 saturated carbocycles. The topological polar surface area (TPSA) is 29.5 Å². The number of ether oxygens (including phenoxy) is 1. The van der Waals surface area contributed by atoms with Crippen molar-refractivity contribution in [2.24, 2.45) is 0 Å². The van der Waals surface area contributed by atoms with E-state index in [4.69, 9.17) is 4.74 Å². The van der Waals surface area contributed by atoms with Crippen LogP contribution in [0.15, 0.2) is 40.2 Å². The van der Waals surface area contributed by atoms with Gasteiger partial charge in [0.2, 0.25) is 0 Å². The summed E-state index contributed by atoms with van der Waals surface area (Å²) in [6.07, 6.45) is 0.332. The van der Waals surface area contributed by atoms with Crippen LogP contribution in [0, 0.1) is 0 Å². The van der Waals surface area contributed by atoms with Crippen LogP contribution in [-0.4, -0.2) is 11.2 Å². The van der Waals surface area contributed by atoms with Crippen molar-refractivity contribution in [3.63, 3.8) is 0 Å². The van der Waals surface area contributed by atoms with Crippen molar-refractivity contribution in [3.8, 4) is 5.75 Å². The highest BCUT2D eigenvalue weighted by atomic mass is 79.9. The molecule has 1 heterocycles. The molecule has 0 bridgehead atoms. The highest BCUT2D eigenvalue weighted by molar-refractivity contribution is 9.11. The van der Waals surface area contributed by atoms with E-state index in [1.807, 2.05) is 50.2 Å². The highest BCUT2D eigenvalue weighted by Crippen LogP contribution is 2.27. The first-order valence-electron chi connectivity index (χ1n) is 6.23. The van der Waals surface area contributed by atoms with Crippen molar-refractivity contribution in [3.05, 3.63) is 50.6 Å². The van der Waals surface area contributed by atoms with Gasteiger partial charge in [-0.05, 0) is 59.6 Å². The summed E-state index contributed by atoms with van der Waals surface area (Å²) in [5.74, 6) is 0.838. The smallest absolute Gasteiger partial charge is 0.119 e. The van der Waals surface area contributed by atoms with Gasteiger partial charge in [-0.1, -0.05) is 12.1 Å².